The van der Waals surface area contributed by atoms with E-state index < -0.39 is 0 Å². The lowest BCUT2D eigenvalue weighted by Gasteiger charge is -2.30. The van der Waals surface area contributed by atoms with E-state index in [2.05, 4.69) is 41.8 Å². The molecule has 0 spiro atoms. The lowest BCUT2D eigenvalue weighted by atomic mass is 9.83. The first-order valence-corrected chi connectivity index (χ1v) is 7.04. The van der Waals surface area contributed by atoms with Gasteiger partial charge in [0.05, 0.1) is 6.61 Å². The summed E-state index contributed by atoms with van der Waals surface area (Å²) in [6.07, 6.45) is 1.94. The molecule has 0 aromatic heterocycles. The lowest BCUT2D eigenvalue weighted by Crippen LogP contribution is -2.32. The third kappa shape index (κ3) is 3.74. The van der Waals surface area contributed by atoms with Crippen molar-refractivity contribution in [3.8, 4) is 0 Å². The second-order valence-electron chi connectivity index (χ2n) is 4.46. The molecule has 0 heterocycles. The molecule has 0 amide bonds. The molecule has 1 aromatic rings. The molecule has 17 heavy (non-hydrogen) atoms. The Morgan fingerprint density at radius 1 is 1.35 bits per heavy atom. The van der Waals surface area contributed by atoms with Gasteiger partial charge in [-0.05, 0) is 53.6 Å². The van der Waals surface area contributed by atoms with E-state index >= 15 is 0 Å². The van der Waals surface area contributed by atoms with Gasteiger partial charge in [-0.25, -0.2) is 0 Å². The van der Waals surface area contributed by atoms with Crippen molar-refractivity contribution in [2.24, 2.45) is 5.41 Å². The minimum Gasteiger partial charge on any atom is -0.399 e. The number of nitrogens with two attached hydrogens (primary N) is 1. The highest BCUT2D eigenvalue weighted by Gasteiger charge is 2.24. The Morgan fingerprint density at radius 3 is 2.47 bits per heavy atom. The molecule has 4 heteroatoms. The zero-order chi connectivity index (χ0) is 12.9. The van der Waals surface area contributed by atoms with Crippen molar-refractivity contribution >= 4 is 34.0 Å². The lowest BCUT2D eigenvalue weighted by molar-refractivity contribution is 0.127. The van der Waals surface area contributed by atoms with Crippen LogP contribution in [-0.2, 0) is 0 Å². The third-order valence-corrected chi connectivity index (χ3v) is 4.37. The van der Waals surface area contributed by atoms with Gasteiger partial charge in [-0.1, -0.05) is 13.8 Å². The van der Waals surface area contributed by atoms with Crippen LogP contribution >= 0.6 is 22.6 Å². The molecular weight excluding hydrogens is 327 g/mol. The predicted molar refractivity (Wildman–Crippen MR) is 82.2 cm³/mol. The highest BCUT2D eigenvalue weighted by Crippen LogP contribution is 2.28. The van der Waals surface area contributed by atoms with Crippen LogP contribution in [0, 0.1) is 8.99 Å². The molecule has 96 valence electrons. The van der Waals surface area contributed by atoms with Crippen LogP contribution in [0.5, 0.6) is 0 Å². The topological polar surface area (TPSA) is 58.3 Å². The van der Waals surface area contributed by atoms with Crippen LogP contribution < -0.4 is 11.1 Å². The van der Waals surface area contributed by atoms with Crippen molar-refractivity contribution in [2.75, 3.05) is 24.2 Å². The number of aliphatic hydroxyl groups is 1. The van der Waals surface area contributed by atoms with Crippen molar-refractivity contribution in [1.82, 2.24) is 0 Å². The molecule has 0 radical (unpaired) electrons. The number of hydrogen-bond donors (Lipinski definition) is 3. The van der Waals surface area contributed by atoms with Gasteiger partial charge in [0.15, 0.2) is 0 Å². The van der Waals surface area contributed by atoms with Crippen molar-refractivity contribution < 1.29 is 5.11 Å². The molecular formula is C13H21IN2O. The average molecular weight is 348 g/mol. The summed E-state index contributed by atoms with van der Waals surface area (Å²) >= 11 is 2.27. The third-order valence-electron chi connectivity index (χ3n) is 3.48. The Hall–Kier alpha value is -0.490. The quantitative estimate of drug-likeness (QED) is 0.547. The van der Waals surface area contributed by atoms with Gasteiger partial charge < -0.3 is 16.2 Å². The second-order valence-corrected chi connectivity index (χ2v) is 5.62. The Kier molecular flexibility index (Phi) is 5.52. The molecule has 0 aliphatic rings. The van der Waals surface area contributed by atoms with Gasteiger partial charge in [0.25, 0.3) is 0 Å². The van der Waals surface area contributed by atoms with Crippen molar-refractivity contribution in [1.29, 1.82) is 0 Å². The van der Waals surface area contributed by atoms with Crippen LogP contribution in [0.25, 0.3) is 0 Å². The molecule has 0 aliphatic carbocycles. The number of hydrogen-bond acceptors (Lipinski definition) is 3. The summed E-state index contributed by atoms with van der Waals surface area (Å²) in [7, 11) is 0. The first-order chi connectivity index (χ1) is 8.06. The zero-order valence-electron chi connectivity index (χ0n) is 10.5. The van der Waals surface area contributed by atoms with E-state index in [4.69, 9.17) is 5.73 Å². The van der Waals surface area contributed by atoms with E-state index in [1.54, 1.807) is 0 Å². The zero-order valence-corrected chi connectivity index (χ0v) is 12.6. The van der Waals surface area contributed by atoms with E-state index in [0.29, 0.717) is 0 Å². The molecule has 0 atom stereocenters. The van der Waals surface area contributed by atoms with Gasteiger partial charge in [-0.2, -0.15) is 0 Å². The SMILES string of the molecule is CCC(CC)(CO)CNc1ccc(N)cc1I. The van der Waals surface area contributed by atoms with Gasteiger partial charge in [0.2, 0.25) is 0 Å². The number of nitrogen functional groups attached to an aromatic ring is 1. The molecule has 3 nitrogen and oxygen atoms in total. The number of nitrogens with one attached hydrogen (secondary N) is 1. The smallest absolute Gasteiger partial charge is 0.0504 e. The van der Waals surface area contributed by atoms with E-state index in [1.165, 1.54) is 0 Å². The number of benzene rings is 1. The second kappa shape index (κ2) is 6.44. The number of rotatable bonds is 6. The Bertz CT molecular complexity index is 356. The van der Waals surface area contributed by atoms with Crippen LogP contribution in [-0.4, -0.2) is 18.3 Å². The number of anilines is 2. The van der Waals surface area contributed by atoms with Crippen LogP contribution in [0.2, 0.25) is 0 Å². The minimum absolute atomic E-state index is 0.0233. The van der Waals surface area contributed by atoms with Gasteiger partial charge in [0, 0.05) is 26.9 Å². The van der Waals surface area contributed by atoms with Gasteiger partial charge >= 0.3 is 0 Å². The average Bonchev–Trinajstić information content (AvgIpc) is 2.33. The summed E-state index contributed by atoms with van der Waals surface area (Å²) in [6.45, 7) is 5.25. The molecule has 0 saturated carbocycles. The Labute approximate surface area is 117 Å². The minimum atomic E-state index is -0.0233. The molecule has 0 bridgehead atoms. The maximum atomic E-state index is 9.51. The Balaban J connectivity index is 2.72. The van der Waals surface area contributed by atoms with Gasteiger partial charge in [-0.3, -0.25) is 0 Å². The number of halogens is 1. The summed E-state index contributed by atoms with van der Waals surface area (Å²) in [5.74, 6) is 0. The first kappa shape index (κ1) is 14.6. The molecule has 0 aliphatic heterocycles. The van der Waals surface area contributed by atoms with Crippen molar-refractivity contribution in [2.45, 2.75) is 26.7 Å². The molecule has 0 fully saturated rings. The summed E-state index contributed by atoms with van der Waals surface area (Å²) < 4.78 is 1.11. The summed E-state index contributed by atoms with van der Waals surface area (Å²) in [5, 5.41) is 12.9. The molecule has 0 unspecified atom stereocenters. The fourth-order valence-corrected chi connectivity index (χ4v) is 2.47. The summed E-state index contributed by atoms with van der Waals surface area (Å²) in [5.41, 5.74) is 7.55. The molecule has 4 N–H and O–H groups in total. The highest BCUT2D eigenvalue weighted by molar-refractivity contribution is 14.1. The van der Waals surface area contributed by atoms with Gasteiger partial charge in [0.1, 0.15) is 0 Å². The van der Waals surface area contributed by atoms with E-state index in [0.717, 1.165) is 34.3 Å². The summed E-state index contributed by atoms with van der Waals surface area (Å²) in [6, 6.07) is 5.83. The molecule has 0 saturated heterocycles. The van der Waals surface area contributed by atoms with E-state index in [-0.39, 0.29) is 12.0 Å². The fraction of sp³-hybridized carbons (Fsp3) is 0.538. The Morgan fingerprint density at radius 2 is 2.00 bits per heavy atom. The van der Waals surface area contributed by atoms with Crippen LogP contribution in [0.1, 0.15) is 26.7 Å². The monoisotopic (exact) mass is 348 g/mol. The van der Waals surface area contributed by atoms with Crippen LogP contribution in [0.4, 0.5) is 11.4 Å². The van der Waals surface area contributed by atoms with Crippen molar-refractivity contribution in [3.63, 3.8) is 0 Å². The summed E-state index contributed by atoms with van der Waals surface area (Å²) in [4.78, 5) is 0. The fourth-order valence-electron chi connectivity index (χ4n) is 1.74. The highest BCUT2D eigenvalue weighted by atomic mass is 127. The maximum absolute atomic E-state index is 9.51. The maximum Gasteiger partial charge on any atom is 0.0504 e. The normalized spacial score (nSPS) is 11.5. The van der Waals surface area contributed by atoms with E-state index in [1.807, 2.05) is 18.2 Å². The molecule has 1 aromatic carbocycles. The van der Waals surface area contributed by atoms with Crippen LogP contribution in [0.3, 0.4) is 0 Å². The molecule has 1 rings (SSSR count). The first-order valence-electron chi connectivity index (χ1n) is 5.96. The standard InChI is InChI=1S/C13H21IN2O/c1-3-13(4-2,9-17)8-16-12-6-5-10(15)7-11(12)14/h5-7,16-17H,3-4,8-9,15H2,1-2H3. The van der Waals surface area contributed by atoms with E-state index in [9.17, 15) is 5.11 Å². The van der Waals surface area contributed by atoms with Gasteiger partial charge in [-0.15, -0.1) is 0 Å². The number of aliphatic hydroxyl groups excluding tert-OH is 1. The predicted octanol–water partition coefficient (Wildman–Crippen LogP) is 3.08. The van der Waals surface area contributed by atoms with Crippen LogP contribution in [0.15, 0.2) is 18.2 Å². The largest absolute Gasteiger partial charge is 0.399 e. The van der Waals surface area contributed by atoms with Crippen molar-refractivity contribution in [3.05, 3.63) is 21.8 Å².